The zero-order chi connectivity index (χ0) is 5.28. The first-order chi connectivity index (χ1) is 3.30. The van der Waals surface area contributed by atoms with Crippen LogP contribution in [0.1, 0.15) is 0 Å². The molecular formula is C2H2BrN3O. The molecule has 1 aromatic rings. The molecule has 7 heavy (non-hydrogen) atoms. The maximum absolute atomic E-state index is 5.13. The van der Waals surface area contributed by atoms with Gasteiger partial charge in [-0.2, -0.15) is 0 Å². The van der Waals surface area contributed by atoms with Crippen molar-refractivity contribution in [2.45, 2.75) is 0 Å². The molecule has 0 saturated carbocycles. The average Bonchev–Trinajstić information content (AvgIpc) is 1.91. The first-order valence-electron chi connectivity index (χ1n) is 1.54. The van der Waals surface area contributed by atoms with Crippen molar-refractivity contribution in [3.05, 3.63) is 4.60 Å². The van der Waals surface area contributed by atoms with E-state index in [4.69, 9.17) is 5.73 Å². The number of nitrogens with zero attached hydrogens (tertiary/aromatic N) is 2. The Labute approximate surface area is 47.8 Å². The molecule has 0 aromatic carbocycles. The fourth-order valence-corrected chi connectivity index (χ4v) is 0.322. The SMILES string of the molecule is Nc1nonc1Br. The van der Waals surface area contributed by atoms with Crippen LogP contribution in [-0.2, 0) is 0 Å². The Morgan fingerprint density at radius 2 is 2.29 bits per heavy atom. The lowest BCUT2D eigenvalue weighted by Crippen LogP contribution is -1.82. The molecule has 1 aromatic heterocycles. The van der Waals surface area contributed by atoms with Crippen LogP contribution in [0.3, 0.4) is 0 Å². The summed E-state index contributed by atoms with van der Waals surface area (Å²) in [6.07, 6.45) is 0. The van der Waals surface area contributed by atoms with Crippen molar-refractivity contribution in [3.63, 3.8) is 0 Å². The molecule has 2 N–H and O–H groups in total. The Morgan fingerprint density at radius 3 is 2.43 bits per heavy atom. The van der Waals surface area contributed by atoms with Gasteiger partial charge in [0.15, 0.2) is 4.60 Å². The van der Waals surface area contributed by atoms with Crippen LogP contribution in [0, 0.1) is 0 Å². The maximum atomic E-state index is 5.13. The lowest BCUT2D eigenvalue weighted by atomic mass is 10.8. The number of rotatable bonds is 0. The minimum absolute atomic E-state index is 0.278. The summed E-state index contributed by atoms with van der Waals surface area (Å²) in [4.78, 5) is 0. The van der Waals surface area contributed by atoms with E-state index in [0.717, 1.165) is 0 Å². The summed E-state index contributed by atoms with van der Waals surface area (Å²) < 4.78 is 4.62. The molecule has 4 nitrogen and oxygen atoms in total. The highest BCUT2D eigenvalue weighted by Crippen LogP contribution is 2.10. The molecule has 0 aliphatic heterocycles. The van der Waals surface area contributed by atoms with Crippen molar-refractivity contribution in [3.8, 4) is 0 Å². The molecule has 0 atom stereocenters. The molecule has 1 heterocycles. The minimum atomic E-state index is 0.278. The first-order valence-corrected chi connectivity index (χ1v) is 2.33. The van der Waals surface area contributed by atoms with Crippen LogP contribution in [0.2, 0.25) is 0 Å². The van der Waals surface area contributed by atoms with Crippen LogP contribution >= 0.6 is 15.9 Å². The number of anilines is 1. The second kappa shape index (κ2) is 1.49. The Kier molecular flexibility index (Phi) is 0.976. The Balaban J connectivity index is 3.12. The van der Waals surface area contributed by atoms with Crippen LogP contribution in [-0.4, -0.2) is 10.3 Å². The van der Waals surface area contributed by atoms with Crippen LogP contribution in [0.5, 0.6) is 0 Å². The van der Waals surface area contributed by atoms with E-state index in [9.17, 15) is 0 Å². The van der Waals surface area contributed by atoms with Gasteiger partial charge in [-0.3, -0.25) is 0 Å². The number of hydrogen-bond donors (Lipinski definition) is 1. The van der Waals surface area contributed by atoms with Gasteiger partial charge in [-0.15, -0.1) is 0 Å². The molecule has 0 fully saturated rings. The zero-order valence-electron chi connectivity index (χ0n) is 3.26. The van der Waals surface area contributed by atoms with Crippen molar-refractivity contribution in [1.82, 2.24) is 10.3 Å². The van der Waals surface area contributed by atoms with Gasteiger partial charge in [-0.05, 0) is 26.2 Å². The lowest BCUT2D eigenvalue weighted by molar-refractivity contribution is 0.306. The van der Waals surface area contributed by atoms with Crippen molar-refractivity contribution in [1.29, 1.82) is 0 Å². The van der Waals surface area contributed by atoms with Crippen LogP contribution in [0.15, 0.2) is 9.23 Å². The Bertz CT molecular complexity index is 145. The molecule has 0 amide bonds. The summed E-state index contributed by atoms with van der Waals surface area (Å²) in [6.45, 7) is 0. The van der Waals surface area contributed by atoms with Gasteiger partial charge in [0.05, 0.1) is 0 Å². The van der Waals surface area contributed by atoms with Crippen LogP contribution in [0.25, 0.3) is 0 Å². The second-order valence-electron chi connectivity index (χ2n) is 0.940. The van der Waals surface area contributed by atoms with Gasteiger partial charge in [0.1, 0.15) is 0 Å². The largest absolute Gasteiger partial charge is 0.379 e. The molecule has 0 aliphatic rings. The average molecular weight is 164 g/mol. The minimum Gasteiger partial charge on any atom is -0.379 e. The van der Waals surface area contributed by atoms with Gasteiger partial charge in [0, 0.05) is 0 Å². The van der Waals surface area contributed by atoms with E-state index in [1.165, 1.54) is 0 Å². The summed E-state index contributed by atoms with van der Waals surface area (Å²) in [7, 11) is 0. The van der Waals surface area contributed by atoms with E-state index in [0.29, 0.717) is 4.60 Å². The fraction of sp³-hybridized carbons (Fsp3) is 0. The van der Waals surface area contributed by atoms with Gasteiger partial charge < -0.3 is 5.73 Å². The molecule has 38 valence electrons. The van der Waals surface area contributed by atoms with Crippen LogP contribution < -0.4 is 5.73 Å². The van der Waals surface area contributed by atoms with E-state index in [1.54, 1.807) is 0 Å². The van der Waals surface area contributed by atoms with Crippen molar-refractivity contribution in [2.75, 3.05) is 5.73 Å². The van der Waals surface area contributed by atoms with E-state index >= 15 is 0 Å². The molecule has 0 saturated heterocycles. The Hall–Kier alpha value is -0.580. The molecule has 0 radical (unpaired) electrons. The summed E-state index contributed by atoms with van der Waals surface area (Å²) in [5.41, 5.74) is 5.13. The summed E-state index contributed by atoms with van der Waals surface area (Å²) in [6, 6.07) is 0. The van der Waals surface area contributed by atoms with E-state index in [-0.39, 0.29) is 5.82 Å². The molecule has 5 heteroatoms. The Morgan fingerprint density at radius 1 is 1.57 bits per heavy atom. The summed E-state index contributed by atoms with van der Waals surface area (Å²) in [5.74, 6) is 0.278. The highest BCUT2D eigenvalue weighted by molar-refractivity contribution is 9.10. The molecule has 1 rings (SSSR count). The number of hydrogen-bond acceptors (Lipinski definition) is 4. The standard InChI is InChI=1S/C2H2BrN3O/c3-1-2(4)6-7-5-1/h(H2,4,6). The second-order valence-corrected chi connectivity index (χ2v) is 1.69. The molecule has 0 bridgehead atoms. The third kappa shape index (κ3) is 0.714. The quantitative estimate of drug-likeness (QED) is 0.603. The lowest BCUT2D eigenvalue weighted by Gasteiger charge is -1.70. The summed E-state index contributed by atoms with van der Waals surface area (Å²) >= 11 is 2.97. The highest BCUT2D eigenvalue weighted by atomic mass is 79.9. The third-order valence-corrected chi connectivity index (χ3v) is 1.02. The molecule has 0 unspecified atom stereocenters. The van der Waals surface area contributed by atoms with Crippen molar-refractivity contribution >= 4 is 21.7 Å². The van der Waals surface area contributed by atoms with Gasteiger partial charge in [-0.25, -0.2) is 4.63 Å². The third-order valence-electron chi connectivity index (χ3n) is 0.472. The number of aromatic nitrogens is 2. The monoisotopic (exact) mass is 163 g/mol. The maximum Gasteiger partial charge on any atom is 0.203 e. The normalized spacial score (nSPS) is 9.29. The summed E-state index contributed by atoms with van der Waals surface area (Å²) in [5, 5.41) is 6.58. The van der Waals surface area contributed by atoms with E-state index in [1.807, 2.05) is 0 Å². The van der Waals surface area contributed by atoms with Gasteiger partial charge in [-0.1, -0.05) is 0 Å². The predicted molar refractivity (Wildman–Crippen MR) is 26.4 cm³/mol. The highest BCUT2D eigenvalue weighted by Gasteiger charge is 1.96. The van der Waals surface area contributed by atoms with E-state index < -0.39 is 0 Å². The van der Waals surface area contributed by atoms with Gasteiger partial charge >= 0.3 is 0 Å². The topological polar surface area (TPSA) is 64.9 Å². The smallest absolute Gasteiger partial charge is 0.203 e. The molecular weight excluding hydrogens is 162 g/mol. The van der Waals surface area contributed by atoms with E-state index in [2.05, 4.69) is 30.9 Å². The van der Waals surface area contributed by atoms with Crippen LogP contribution in [0.4, 0.5) is 5.82 Å². The zero-order valence-corrected chi connectivity index (χ0v) is 4.84. The number of nitrogens with two attached hydrogens (primary N) is 1. The first kappa shape index (κ1) is 4.58. The number of nitrogen functional groups attached to an aromatic ring is 1. The van der Waals surface area contributed by atoms with Crippen molar-refractivity contribution < 1.29 is 4.63 Å². The van der Waals surface area contributed by atoms with Crippen molar-refractivity contribution in [2.24, 2.45) is 0 Å². The van der Waals surface area contributed by atoms with Gasteiger partial charge in [0.2, 0.25) is 5.82 Å². The predicted octanol–water partition coefficient (Wildman–Crippen LogP) is 0.414. The fourth-order valence-electron chi connectivity index (χ4n) is 0.185. The molecule has 0 spiro atoms. The number of halogens is 1. The van der Waals surface area contributed by atoms with Gasteiger partial charge in [0.25, 0.3) is 0 Å². The molecule has 0 aliphatic carbocycles.